The fraction of sp³-hybridized carbons (Fsp3) is 0.333. The highest BCUT2D eigenvalue weighted by atomic mass is 35.5. The van der Waals surface area contributed by atoms with Crippen LogP contribution < -0.4 is 10.5 Å². The first kappa shape index (κ1) is 10.2. The zero-order chi connectivity index (χ0) is 10.0. The predicted octanol–water partition coefficient (Wildman–Crippen LogP) is 2.07. The number of hydrogen-bond donors (Lipinski definition) is 2. The molecule has 0 saturated carbocycles. The predicted molar refractivity (Wildman–Crippen MR) is 52.3 cm³/mol. The second kappa shape index (κ2) is 3.85. The number of ether oxygens (including phenoxy) is 1. The lowest BCUT2D eigenvalue weighted by molar-refractivity contribution is 0.373. The van der Waals surface area contributed by atoms with E-state index in [0.29, 0.717) is 11.3 Å². The summed E-state index contributed by atoms with van der Waals surface area (Å²) >= 11 is 5.86. The molecule has 1 aromatic carbocycles. The minimum atomic E-state index is -0.204. The standard InChI is InChI=1S/C9H12ClNO2/c1-5(11)6-3-4-7(13-2)9(12)8(6)10/h3-5,12H,11H2,1-2H3. The van der Waals surface area contributed by atoms with Gasteiger partial charge in [0.25, 0.3) is 0 Å². The average molecular weight is 202 g/mol. The van der Waals surface area contributed by atoms with Crippen molar-refractivity contribution in [1.29, 1.82) is 0 Å². The van der Waals surface area contributed by atoms with E-state index in [1.54, 1.807) is 19.1 Å². The Kier molecular flexibility index (Phi) is 3.01. The Morgan fingerprint density at radius 2 is 2.15 bits per heavy atom. The fourth-order valence-corrected chi connectivity index (χ4v) is 1.41. The average Bonchev–Trinajstić information content (AvgIpc) is 2.09. The Labute approximate surface area is 82.1 Å². The molecule has 0 spiro atoms. The lowest BCUT2D eigenvalue weighted by atomic mass is 10.1. The van der Waals surface area contributed by atoms with Gasteiger partial charge in [0.1, 0.15) is 0 Å². The molecule has 1 unspecified atom stereocenters. The van der Waals surface area contributed by atoms with Gasteiger partial charge in [-0.05, 0) is 18.6 Å². The minimum Gasteiger partial charge on any atom is -0.503 e. The maximum atomic E-state index is 9.51. The van der Waals surface area contributed by atoms with Crippen molar-refractivity contribution in [2.45, 2.75) is 13.0 Å². The van der Waals surface area contributed by atoms with E-state index in [4.69, 9.17) is 22.1 Å². The summed E-state index contributed by atoms with van der Waals surface area (Å²) in [5, 5.41) is 9.77. The van der Waals surface area contributed by atoms with Gasteiger partial charge >= 0.3 is 0 Å². The van der Waals surface area contributed by atoms with Gasteiger partial charge in [-0.25, -0.2) is 0 Å². The van der Waals surface area contributed by atoms with Gasteiger partial charge in [-0.15, -0.1) is 0 Å². The Morgan fingerprint density at radius 3 is 2.62 bits per heavy atom. The largest absolute Gasteiger partial charge is 0.503 e. The molecular formula is C9H12ClNO2. The van der Waals surface area contributed by atoms with Crippen molar-refractivity contribution in [3.05, 3.63) is 22.7 Å². The van der Waals surface area contributed by atoms with E-state index in [1.807, 2.05) is 0 Å². The van der Waals surface area contributed by atoms with Gasteiger partial charge in [0.15, 0.2) is 11.5 Å². The van der Waals surface area contributed by atoms with E-state index in [2.05, 4.69) is 0 Å². The van der Waals surface area contributed by atoms with Gasteiger partial charge in [-0.1, -0.05) is 17.7 Å². The molecule has 3 N–H and O–H groups in total. The lowest BCUT2D eigenvalue weighted by Gasteiger charge is -2.11. The maximum absolute atomic E-state index is 9.51. The number of rotatable bonds is 2. The van der Waals surface area contributed by atoms with Crippen LogP contribution in [0, 0.1) is 0 Å². The molecule has 0 fully saturated rings. The zero-order valence-electron chi connectivity index (χ0n) is 7.54. The minimum absolute atomic E-state index is 0.0565. The summed E-state index contributed by atoms with van der Waals surface area (Å²) in [6, 6.07) is 3.18. The van der Waals surface area contributed by atoms with Crippen LogP contribution in [0.15, 0.2) is 12.1 Å². The van der Waals surface area contributed by atoms with Crippen LogP contribution in [-0.4, -0.2) is 12.2 Å². The smallest absolute Gasteiger partial charge is 0.177 e. The molecule has 0 aliphatic rings. The Bertz CT molecular complexity index is 313. The topological polar surface area (TPSA) is 55.5 Å². The summed E-state index contributed by atoms with van der Waals surface area (Å²) in [6.45, 7) is 1.80. The first-order valence-electron chi connectivity index (χ1n) is 3.89. The van der Waals surface area contributed by atoms with E-state index in [9.17, 15) is 5.11 Å². The molecule has 13 heavy (non-hydrogen) atoms. The highest BCUT2D eigenvalue weighted by Crippen LogP contribution is 2.37. The molecule has 1 rings (SSSR count). The van der Waals surface area contributed by atoms with Crippen LogP contribution in [0.1, 0.15) is 18.5 Å². The third-order valence-electron chi connectivity index (χ3n) is 1.82. The molecule has 0 heterocycles. The summed E-state index contributed by atoms with van der Waals surface area (Å²) < 4.78 is 4.89. The molecule has 3 nitrogen and oxygen atoms in total. The molecule has 1 aromatic rings. The van der Waals surface area contributed by atoms with Gasteiger partial charge in [0, 0.05) is 6.04 Å². The van der Waals surface area contributed by atoms with Crippen LogP contribution in [-0.2, 0) is 0 Å². The van der Waals surface area contributed by atoms with E-state index < -0.39 is 0 Å². The molecular weight excluding hydrogens is 190 g/mol. The molecule has 0 saturated heterocycles. The molecule has 0 radical (unpaired) electrons. The Hall–Kier alpha value is -0.930. The molecule has 1 atom stereocenters. The van der Waals surface area contributed by atoms with Crippen molar-refractivity contribution >= 4 is 11.6 Å². The number of phenols is 1. The van der Waals surface area contributed by atoms with Gasteiger partial charge in [0.2, 0.25) is 0 Å². The molecule has 0 aromatic heterocycles. The summed E-state index contributed by atoms with van der Waals surface area (Å²) in [7, 11) is 1.47. The summed E-state index contributed by atoms with van der Waals surface area (Å²) in [6.07, 6.45) is 0. The molecule has 0 amide bonds. The van der Waals surface area contributed by atoms with Gasteiger partial charge < -0.3 is 15.6 Å². The number of halogens is 1. The van der Waals surface area contributed by atoms with Crippen molar-refractivity contribution in [1.82, 2.24) is 0 Å². The summed E-state index contributed by atoms with van der Waals surface area (Å²) in [5.74, 6) is 0.299. The molecule has 0 aliphatic heterocycles. The van der Waals surface area contributed by atoms with Gasteiger partial charge in [-0.3, -0.25) is 0 Å². The van der Waals surface area contributed by atoms with Crippen LogP contribution in [0.25, 0.3) is 0 Å². The van der Waals surface area contributed by atoms with Crippen molar-refractivity contribution < 1.29 is 9.84 Å². The fourth-order valence-electron chi connectivity index (χ4n) is 1.08. The van der Waals surface area contributed by atoms with Crippen molar-refractivity contribution in [3.8, 4) is 11.5 Å². The van der Waals surface area contributed by atoms with Crippen molar-refractivity contribution in [2.75, 3.05) is 7.11 Å². The third kappa shape index (κ3) is 1.87. The van der Waals surface area contributed by atoms with E-state index in [-0.39, 0.29) is 16.8 Å². The second-order valence-electron chi connectivity index (χ2n) is 2.81. The van der Waals surface area contributed by atoms with E-state index in [0.717, 1.165) is 0 Å². The quantitative estimate of drug-likeness (QED) is 0.770. The van der Waals surface area contributed by atoms with Crippen LogP contribution in [0.5, 0.6) is 11.5 Å². The monoisotopic (exact) mass is 201 g/mol. The van der Waals surface area contributed by atoms with E-state index in [1.165, 1.54) is 7.11 Å². The molecule has 0 bridgehead atoms. The van der Waals surface area contributed by atoms with E-state index >= 15 is 0 Å². The SMILES string of the molecule is COc1ccc(C(C)N)c(Cl)c1O. The summed E-state index contributed by atoms with van der Waals surface area (Å²) in [5.41, 5.74) is 6.35. The number of aromatic hydroxyl groups is 1. The maximum Gasteiger partial charge on any atom is 0.177 e. The number of hydrogen-bond acceptors (Lipinski definition) is 3. The van der Waals surface area contributed by atoms with Crippen molar-refractivity contribution in [3.63, 3.8) is 0 Å². The number of benzene rings is 1. The highest BCUT2D eigenvalue weighted by molar-refractivity contribution is 6.33. The van der Waals surface area contributed by atoms with Crippen molar-refractivity contribution in [2.24, 2.45) is 5.73 Å². The van der Waals surface area contributed by atoms with Crippen LogP contribution >= 0.6 is 11.6 Å². The third-order valence-corrected chi connectivity index (χ3v) is 2.22. The number of nitrogens with two attached hydrogens (primary N) is 1. The molecule has 72 valence electrons. The zero-order valence-corrected chi connectivity index (χ0v) is 8.30. The Morgan fingerprint density at radius 1 is 1.54 bits per heavy atom. The first-order chi connectivity index (χ1) is 6.07. The second-order valence-corrected chi connectivity index (χ2v) is 3.19. The lowest BCUT2D eigenvalue weighted by Crippen LogP contribution is -2.05. The first-order valence-corrected chi connectivity index (χ1v) is 4.26. The molecule has 0 aliphatic carbocycles. The van der Waals surface area contributed by atoms with Gasteiger partial charge in [0.05, 0.1) is 12.1 Å². The van der Waals surface area contributed by atoms with Crippen LogP contribution in [0.2, 0.25) is 5.02 Å². The summed E-state index contributed by atoms with van der Waals surface area (Å²) in [4.78, 5) is 0. The molecule has 4 heteroatoms. The Balaban J connectivity index is 3.23. The van der Waals surface area contributed by atoms with Gasteiger partial charge in [-0.2, -0.15) is 0 Å². The van der Waals surface area contributed by atoms with Crippen LogP contribution in [0.4, 0.5) is 0 Å². The number of phenolic OH excluding ortho intramolecular Hbond substituents is 1. The van der Waals surface area contributed by atoms with Crippen LogP contribution in [0.3, 0.4) is 0 Å². The number of methoxy groups -OCH3 is 1. The normalized spacial score (nSPS) is 12.6. The highest BCUT2D eigenvalue weighted by Gasteiger charge is 2.13.